The molecular formula is C23H25NO4. The maximum absolute atomic E-state index is 12.5. The molecule has 3 aromatic rings. The SMILES string of the molecule is CCOc1ccc(C(=O)NCc2ccco2)cc1COc1ccc(C)c(C)c1. The van der Waals surface area contributed by atoms with Crippen molar-refractivity contribution in [1.29, 1.82) is 0 Å². The second kappa shape index (κ2) is 9.13. The molecule has 1 heterocycles. The second-order valence-electron chi connectivity index (χ2n) is 6.55. The van der Waals surface area contributed by atoms with E-state index in [4.69, 9.17) is 13.9 Å². The van der Waals surface area contributed by atoms with Gasteiger partial charge in [0.05, 0.1) is 19.4 Å². The number of hydrogen-bond acceptors (Lipinski definition) is 4. The number of aryl methyl sites for hydroxylation is 2. The van der Waals surface area contributed by atoms with Crippen LogP contribution in [-0.4, -0.2) is 12.5 Å². The average Bonchev–Trinajstić information content (AvgIpc) is 3.21. The first-order valence-electron chi connectivity index (χ1n) is 9.33. The Balaban J connectivity index is 1.72. The van der Waals surface area contributed by atoms with Crippen molar-refractivity contribution in [3.8, 4) is 11.5 Å². The van der Waals surface area contributed by atoms with Crippen LogP contribution >= 0.6 is 0 Å². The third-order valence-corrected chi connectivity index (χ3v) is 4.50. The van der Waals surface area contributed by atoms with E-state index in [1.54, 1.807) is 18.4 Å². The van der Waals surface area contributed by atoms with Crippen LogP contribution in [0.2, 0.25) is 0 Å². The summed E-state index contributed by atoms with van der Waals surface area (Å²) in [6.45, 7) is 7.25. The van der Waals surface area contributed by atoms with E-state index in [0.29, 0.717) is 36.8 Å². The van der Waals surface area contributed by atoms with Gasteiger partial charge in [-0.05, 0) is 74.4 Å². The fraction of sp³-hybridized carbons (Fsp3) is 0.261. The number of amides is 1. The molecule has 3 rings (SSSR count). The zero-order valence-corrected chi connectivity index (χ0v) is 16.5. The van der Waals surface area contributed by atoms with Crippen molar-refractivity contribution in [2.75, 3.05) is 6.61 Å². The molecule has 0 bridgehead atoms. The highest BCUT2D eigenvalue weighted by Crippen LogP contribution is 2.24. The fourth-order valence-electron chi connectivity index (χ4n) is 2.78. The standard InChI is InChI=1S/C23H25NO4/c1-4-26-22-10-8-18(23(25)24-14-21-6-5-11-27-21)13-19(22)15-28-20-9-7-16(2)17(3)12-20/h5-13H,4,14-15H2,1-3H3,(H,24,25). The van der Waals surface area contributed by atoms with E-state index in [2.05, 4.69) is 19.2 Å². The van der Waals surface area contributed by atoms with Gasteiger partial charge in [0, 0.05) is 11.1 Å². The number of benzene rings is 2. The Hall–Kier alpha value is -3.21. The molecule has 0 saturated heterocycles. The van der Waals surface area contributed by atoms with Gasteiger partial charge >= 0.3 is 0 Å². The molecule has 5 heteroatoms. The number of rotatable bonds is 8. The van der Waals surface area contributed by atoms with Gasteiger partial charge in [-0.2, -0.15) is 0 Å². The molecule has 0 aliphatic carbocycles. The largest absolute Gasteiger partial charge is 0.493 e. The predicted molar refractivity (Wildman–Crippen MR) is 108 cm³/mol. The van der Waals surface area contributed by atoms with Gasteiger partial charge in [-0.1, -0.05) is 6.07 Å². The highest BCUT2D eigenvalue weighted by atomic mass is 16.5. The Kier molecular flexibility index (Phi) is 6.37. The normalized spacial score (nSPS) is 10.5. The van der Waals surface area contributed by atoms with Crippen LogP contribution in [0.5, 0.6) is 11.5 Å². The first-order chi connectivity index (χ1) is 13.6. The second-order valence-corrected chi connectivity index (χ2v) is 6.55. The minimum absolute atomic E-state index is 0.174. The van der Waals surface area contributed by atoms with Gasteiger partial charge in [0.2, 0.25) is 0 Å². The lowest BCUT2D eigenvalue weighted by Gasteiger charge is -2.14. The maximum atomic E-state index is 12.5. The van der Waals surface area contributed by atoms with E-state index >= 15 is 0 Å². The molecule has 1 amide bonds. The lowest BCUT2D eigenvalue weighted by Crippen LogP contribution is -2.22. The van der Waals surface area contributed by atoms with E-state index in [0.717, 1.165) is 11.3 Å². The molecule has 0 aliphatic rings. The molecular weight excluding hydrogens is 354 g/mol. The van der Waals surface area contributed by atoms with Crippen molar-refractivity contribution in [2.24, 2.45) is 0 Å². The summed E-state index contributed by atoms with van der Waals surface area (Å²) in [5.41, 5.74) is 3.77. The van der Waals surface area contributed by atoms with Crippen molar-refractivity contribution in [3.63, 3.8) is 0 Å². The fourth-order valence-corrected chi connectivity index (χ4v) is 2.78. The van der Waals surface area contributed by atoms with Gasteiger partial charge in [0.1, 0.15) is 23.9 Å². The number of nitrogens with one attached hydrogen (secondary N) is 1. The van der Waals surface area contributed by atoms with Crippen molar-refractivity contribution < 1.29 is 18.7 Å². The van der Waals surface area contributed by atoms with Gasteiger partial charge in [-0.3, -0.25) is 4.79 Å². The van der Waals surface area contributed by atoms with Crippen LogP contribution in [0.3, 0.4) is 0 Å². The van der Waals surface area contributed by atoms with E-state index in [1.165, 1.54) is 11.1 Å². The molecule has 5 nitrogen and oxygen atoms in total. The van der Waals surface area contributed by atoms with E-state index in [1.807, 2.05) is 43.3 Å². The summed E-state index contributed by atoms with van der Waals surface area (Å²) < 4.78 is 16.9. The van der Waals surface area contributed by atoms with Gasteiger partial charge in [-0.25, -0.2) is 0 Å². The molecule has 0 fully saturated rings. The summed E-state index contributed by atoms with van der Waals surface area (Å²) in [7, 11) is 0. The zero-order chi connectivity index (χ0) is 19.9. The van der Waals surface area contributed by atoms with Crippen LogP contribution in [0, 0.1) is 13.8 Å². The summed E-state index contributed by atoms with van der Waals surface area (Å²) in [6.07, 6.45) is 1.58. The smallest absolute Gasteiger partial charge is 0.251 e. The van der Waals surface area contributed by atoms with E-state index in [-0.39, 0.29) is 5.91 Å². The molecule has 0 aliphatic heterocycles. The van der Waals surface area contributed by atoms with Crippen molar-refractivity contribution in [1.82, 2.24) is 5.32 Å². The highest BCUT2D eigenvalue weighted by Gasteiger charge is 2.12. The minimum Gasteiger partial charge on any atom is -0.493 e. The Morgan fingerprint density at radius 2 is 1.89 bits per heavy atom. The number of carbonyl (C=O) groups excluding carboxylic acids is 1. The molecule has 0 spiro atoms. The third-order valence-electron chi connectivity index (χ3n) is 4.50. The van der Waals surface area contributed by atoms with Crippen LogP contribution in [0.15, 0.2) is 59.2 Å². The quantitative estimate of drug-likeness (QED) is 0.610. The summed E-state index contributed by atoms with van der Waals surface area (Å²) in [5.74, 6) is 2.04. The van der Waals surface area contributed by atoms with Crippen LogP contribution in [0.25, 0.3) is 0 Å². The monoisotopic (exact) mass is 379 g/mol. The summed E-state index contributed by atoms with van der Waals surface area (Å²) in [4.78, 5) is 12.5. The van der Waals surface area contributed by atoms with Gasteiger partial charge < -0.3 is 19.2 Å². The lowest BCUT2D eigenvalue weighted by molar-refractivity contribution is 0.0948. The molecule has 1 N–H and O–H groups in total. The minimum atomic E-state index is -0.174. The predicted octanol–water partition coefficient (Wildman–Crippen LogP) is 4.80. The topological polar surface area (TPSA) is 60.7 Å². The Bertz CT molecular complexity index is 932. The molecule has 0 radical (unpaired) electrons. The number of carbonyl (C=O) groups is 1. The van der Waals surface area contributed by atoms with Crippen molar-refractivity contribution in [3.05, 3.63) is 82.8 Å². The van der Waals surface area contributed by atoms with Crippen LogP contribution in [0.4, 0.5) is 0 Å². The molecule has 0 unspecified atom stereocenters. The first-order valence-corrected chi connectivity index (χ1v) is 9.33. The summed E-state index contributed by atoms with van der Waals surface area (Å²) in [5, 5.41) is 2.85. The van der Waals surface area contributed by atoms with Crippen LogP contribution in [0.1, 0.15) is 39.7 Å². The highest BCUT2D eigenvalue weighted by molar-refractivity contribution is 5.94. The van der Waals surface area contributed by atoms with Crippen LogP contribution in [-0.2, 0) is 13.2 Å². The van der Waals surface area contributed by atoms with Gasteiger partial charge in [0.25, 0.3) is 5.91 Å². The van der Waals surface area contributed by atoms with Crippen molar-refractivity contribution in [2.45, 2.75) is 33.9 Å². The van der Waals surface area contributed by atoms with Crippen LogP contribution < -0.4 is 14.8 Å². The van der Waals surface area contributed by atoms with Gasteiger partial charge in [0.15, 0.2) is 0 Å². The third kappa shape index (κ3) is 4.94. The molecule has 1 aromatic heterocycles. The number of hydrogen-bond donors (Lipinski definition) is 1. The average molecular weight is 379 g/mol. The van der Waals surface area contributed by atoms with E-state index in [9.17, 15) is 4.79 Å². The Morgan fingerprint density at radius 3 is 2.61 bits per heavy atom. The molecule has 146 valence electrons. The molecule has 2 aromatic carbocycles. The Labute approximate surface area is 165 Å². The van der Waals surface area contributed by atoms with Crippen molar-refractivity contribution >= 4 is 5.91 Å². The van der Waals surface area contributed by atoms with E-state index < -0.39 is 0 Å². The molecule has 0 saturated carbocycles. The summed E-state index contributed by atoms with van der Waals surface area (Å²) >= 11 is 0. The molecule has 28 heavy (non-hydrogen) atoms. The Morgan fingerprint density at radius 1 is 1.04 bits per heavy atom. The van der Waals surface area contributed by atoms with Gasteiger partial charge in [-0.15, -0.1) is 0 Å². The lowest BCUT2D eigenvalue weighted by atomic mass is 10.1. The number of furan rings is 1. The summed E-state index contributed by atoms with van der Waals surface area (Å²) in [6, 6.07) is 15.0. The molecule has 0 atom stereocenters. The zero-order valence-electron chi connectivity index (χ0n) is 16.5. The first kappa shape index (κ1) is 19.5. The number of ether oxygens (including phenoxy) is 2. The maximum Gasteiger partial charge on any atom is 0.251 e.